The Hall–Kier alpha value is -2.62. The lowest BCUT2D eigenvalue weighted by Crippen LogP contribution is -2.33. The molecule has 3 heterocycles. The van der Waals surface area contributed by atoms with Gasteiger partial charge in [-0.15, -0.1) is 0 Å². The van der Waals surface area contributed by atoms with Crippen LogP contribution in [-0.4, -0.2) is 0 Å². The maximum Gasteiger partial charge on any atom is 0.222 e. The van der Waals surface area contributed by atoms with Crippen molar-refractivity contribution in [3.05, 3.63) is 77.5 Å². The summed E-state index contributed by atoms with van der Waals surface area (Å²) in [5.41, 5.74) is 6.50. The SMILES string of the molecule is C[n+]1c2c3c(cccc3c3ccc(-c4ccsc4)cc31)Sc1ccccc1-2. The highest BCUT2D eigenvalue weighted by Gasteiger charge is 2.28. The van der Waals surface area contributed by atoms with Crippen LogP contribution in [0.5, 0.6) is 0 Å². The van der Waals surface area contributed by atoms with E-state index in [0.717, 1.165) is 0 Å². The fourth-order valence-corrected chi connectivity index (χ4v) is 5.98. The molecule has 1 aliphatic rings. The molecule has 0 radical (unpaired) electrons. The molecule has 0 aliphatic carbocycles. The molecule has 1 aliphatic heterocycles. The van der Waals surface area contributed by atoms with E-state index >= 15 is 0 Å². The molecule has 5 aromatic rings. The maximum atomic E-state index is 2.38. The van der Waals surface area contributed by atoms with E-state index in [1.807, 2.05) is 11.8 Å². The molecule has 0 fully saturated rings. The minimum absolute atomic E-state index is 1.28. The lowest BCUT2D eigenvalue weighted by atomic mass is 9.97. The summed E-state index contributed by atoms with van der Waals surface area (Å²) in [6.07, 6.45) is 0. The molecule has 0 N–H and O–H groups in total. The average molecular weight is 383 g/mol. The smallest absolute Gasteiger partial charge is 0.193 e. The third-order valence-electron chi connectivity index (χ3n) is 5.46. The van der Waals surface area contributed by atoms with Crippen LogP contribution in [0, 0.1) is 0 Å². The van der Waals surface area contributed by atoms with Gasteiger partial charge in [0.2, 0.25) is 11.2 Å². The van der Waals surface area contributed by atoms with E-state index in [1.165, 1.54) is 53.9 Å². The van der Waals surface area contributed by atoms with E-state index in [0.29, 0.717) is 0 Å². The van der Waals surface area contributed by atoms with Gasteiger partial charge in [-0.1, -0.05) is 42.1 Å². The van der Waals surface area contributed by atoms with E-state index < -0.39 is 0 Å². The van der Waals surface area contributed by atoms with E-state index in [9.17, 15) is 0 Å². The summed E-state index contributed by atoms with van der Waals surface area (Å²) in [4.78, 5) is 2.68. The number of pyridine rings is 1. The second-order valence-corrected chi connectivity index (χ2v) is 8.79. The van der Waals surface area contributed by atoms with Gasteiger partial charge >= 0.3 is 0 Å². The molecule has 0 unspecified atom stereocenters. The first-order chi connectivity index (χ1) is 13.3. The summed E-state index contributed by atoms with van der Waals surface area (Å²) in [7, 11) is 2.21. The van der Waals surface area contributed by atoms with Crippen molar-refractivity contribution >= 4 is 44.8 Å². The predicted molar refractivity (Wildman–Crippen MR) is 116 cm³/mol. The van der Waals surface area contributed by atoms with Crippen molar-refractivity contribution in [2.45, 2.75) is 9.79 Å². The van der Waals surface area contributed by atoms with Crippen molar-refractivity contribution in [2.24, 2.45) is 7.05 Å². The van der Waals surface area contributed by atoms with Crippen LogP contribution in [0.4, 0.5) is 0 Å². The highest BCUT2D eigenvalue weighted by atomic mass is 32.2. The van der Waals surface area contributed by atoms with Crippen LogP contribution in [0.25, 0.3) is 44.1 Å². The third kappa shape index (κ3) is 2.16. The fraction of sp³-hybridized carbons (Fsp3) is 0.0417. The van der Waals surface area contributed by atoms with Crippen LogP contribution >= 0.6 is 23.1 Å². The Bertz CT molecular complexity index is 1350. The Balaban J connectivity index is 1.80. The zero-order valence-corrected chi connectivity index (χ0v) is 16.4. The summed E-state index contributed by atoms with van der Waals surface area (Å²) in [6.45, 7) is 0. The maximum absolute atomic E-state index is 2.38. The van der Waals surface area contributed by atoms with Crippen LogP contribution in [0.3, 0.4) is 0 Å². The topological polar surface area (TPSA) is 3.88 Å². The molecule has 6 rings (SSSR count). The number of hydrogen-bond donors (Lipinski definition) is 0. The monoisotopic (exact) mass is 382 g/mol. The first kappa shape index (κ1) is 15.4. The second kappa shape index (κ2) is 5.69. The lowest BCUT2D eigenvalue weighted by Gasteiger charge is -2.19. The first-order valence-electron chi connectivity index (χ1n) is 8.99. The van der Waals surface area contributed by atoms with Gasteiger partial charge in [0, 0.05) is 21.2 Å². The molecule has 0 saturated carbocycles. The Morgan fingerprint density at radius 2 is 1.67 bits per heavy atom. The van der Waals surface area contributed by atoms with Crippen LogP contribution in [-0.2, 0) is 7.05 Å². The zero-order chi connectivity index (χ0) is 18.0. The first-order valence-corrected chi connectivity index (χ1v) is 10.8. The molecule has 2 aromatic heterocycles. The van der Waals surface area contributed by atoms with Crippen molar-refractivity contribution in [3.63, 3.8) is 0 Å². The van der Waals surface area contributed by atoms with Gasteiger partial charge in [0.25, 0.3) is 0 Å². The highest BCUT2D eigenvalue weighted by Crippen LogP contribution is 2.47. The molecule has 1 nitrogen and oxygen atoms in total. The number of nitrogens with zero attached hydrogens (tertiary/aromatic N) is 1. The molecule has 0 bridgehead atoms. The number of hydrogen-bond acceptors (Lipinski definition) is 2. The van der Waals surface area contributed by atoms with E-state index in [-0.39, 0.29) is 0 Å². The van der Waals surface area contributed by atoms with Gasteiger partial charge in [0.15, 0.2) is 0 Å². The standard InChI is InChI=1S/C24H16NS2/c1-25-20-13-15(16-11-12-26-14-16)9-10-17(20)18-6-4-8-22-23(18)24(25)19-5-2-3-7-21(19)27-22/h2-14H,1H3/q+1. The predicted octanol–water partition coefficient (Wildman–Crippen LogP) is 6.68. The Labute approximate surface area is 165 Å². The van der Waals surface area contributed by atoms with Gasteiger partial charge < -0.3 is 0 Å². The van der Waals surface area contributed by atoms with Crippen molar-refractivity contribution in [3.8, 4) is 22.4 Å². The second-order valence-electron chi connectivity index (χ2n) is 6.93. The number of aromatic nitrogens is 1. The molecule has 27 heavy (non-hydrogen) atoms. The minimum atomic E-state index is 1.28. The zero-order valence-electron chi connectivity index (χ0n) is 14.8. The third-order valence-corrected chi connectivity index (χ3v) is 7.28. The molecular weight excluding hydrogens is 366 g/mol. The fourth-order valence-electron chi connectivity index (χ4n) is 4.20. The Morgan fingerprint density at radius 3 is 2.56 bits per heavy atom. The number of benzene rings is 3. The number of fused-ring (bicyclic) bond motifs is 4. The van der Waals surface area contributed by atoms with E-state index in [2.05, 4.69) is 89.1 Å². The van der Waals surface area contributed by atoms with Crippen LogP contribution in [0.2, 0.25) is 0 Å². The van der Waals surface area contributed by atoms with Gasteiger partial charge in [0.05, 0.1) is 16.3 Å². The highest BCUT2D eigenvalue weighted by molar-refractivity contribution is 7.99. The number of rotatable bonds is 1. The van der Waals surface area contributed by atoms with Crippen LogP contribution in [0.15, 0.2) is 87.3 Å². The lowest BCUT2D eigenvalue weighted by molar-refractivity contribution is -0.632. The number of thiophene rings is 1. The average Bonchev–Trinajstić information content (AvgIpc) is 3.25. The van der Waals surface area contributed by atoms with Crippen molar-refractivity contribution in [1.82, 2.24) is 0 Å². The summed E-state index contributed by atoms with van der Waals surface area (Å²) in [5.74, 6) is 0. The Kier molecular flexibility index (Phi) is 3.25. The molecule has 3 heteroatoms. The van der Waals surface area contributed by atoms with Crippen molar-refractivity contribution in [1.29, 1.82) is 0 Å². The van der Waals surface area contributed by atoms with E-state index in [1.54, 1.807) is 11.3 Å². The molecular formula is C24H16NS2+. The van der Waals surface area contributed by atoms with Crippen molar-refractivity contribution < 1.29 is 4.57 Å². The molecule has 0 amide bonds. The van der Waals surface area contributed by atoms with Crippen LogP contribution < -0.4 is 4.57 Å². The van der Waals surface area contributed by atoms with Crippen molar-refractivity contribution in [2.75, 3.05) is 0 Å². The van der Waals surface area contributed by atoms with E-state index in [4.69, 9.17) is 0 Å². The summed E-state index contributed by atoms with van der Waals surface area (Å²) in [5, 5.41) is 8.39. The summed E-state index contributed by atoms with van der Waals surface area (Å²) < 4.78 is 2.38. The van der Waals surface area contributed by atoms with Gasteiger partial charge in [-0.3, -0.25) is 0 Å². The Morgan fingerprint density at radius 1 is 0.778 bits per heavy atom. The molecule has 0 saturated heterocycles. The molecule has 0 atom stereocenters. The normalized spacial score (nSPS) is 12.5. The van der Waals surface area contributed by atoms with Gasteiger partial charge in [-0.2, -0.15) is 15.9 Å². The largest absolute Gasteiger partial charge is 0.222 e. The summed E-state index contributed by atoms with van der Waals surface area (Å²) >= 11 is 3.63. The quantitative estimate of drug-likeness (QED) is 0.227. The molecule has 0 spiro atoms. The summed E-state index contributed by atoms with van der Waals surface area (Å²) in [6, 6.07) is 24.5. The van der Waals surface area contributed by atoms with Gasteiger partial charge in [0.1, 0.15) is 7.05 Å². The van der Waals surface area contributed by atoms with Gasteiger partial charge in [-0.05, 0) is 52.2 Å². The molecule has 128 valence electrons. The minimum Gasteiger partial charge on any atom is -0.193 e. The molecule has 3 aromatic carbocycles. The van der Waals surface area contributed by atoms with Crippen LogP contribution in [0.1, 0.15) is 0 Å². The number of aryl methyl sites for hydroxylation is 1. The van der Waals surface area contributed by atoms with Gasteiger partial charge in [-0.25, -0.2) is 0 Å².